The van der Waals surface area contributed by atoms with E-state index in [1.54, 1.807) is 0 Å². The van der Waals surface area contributed by atoms with Gasteiger partial charge in [-0.25, -0.2) is 4.79 Å². The molecule has 17 heavy (non-hydrogen) atoms. The highest BCUT2D eigenvalue weighted by atomic mass is 16.2. The Hall–Kier alpha value is -1.51. The van der Waals surface area contributed by atoms with Gasteiger partial charge in [-0.15, -0.1) is 0 Å². The van der Waals surface area contributed by atoms with Gasteiger partial charge in [0.2, 0.25) is 0 Å². The summed E-state index contributed by atoms with van der Waals surface area (Å²) in [6.07, 6.45) is 3.43. The number of likely N-dealkylation sites (tertiary alicyclic amines) is 1. The molecular formula is C14H20N2O. The van der Waals surface area contributed by atoms with Crippen molar-refractivity contribution in [2.24, 2.45) is 0 Å². The van der Waals surface area contributed by atoms with E-state index in [0.29, 0.717) is 12.1 Å². The minimum Gasteiger partial charge on any atom is -0.319 e. The van der Waals surface area contributed by atoms with Gasteiger partial charge in [-0.3, -0.25) is 0 Å². The van der Waals surface area contributed by atoms with Crippen molar-refractivity contribution in [3.8, 4) is 0 Å². The van der Waals surface area contributed by atoms with Gasteiger partial charge >= 0.3 is 6.03 Å². The number of benzene rings is 1. The Balaban J connectivity index is 2.04. The summed E-state index contributed by atoms with van der Waals surface area (Å²) in [5, 5.41) is 2.96. The molecule has 0 saturated carbocycles. The number of nitrogens with one attached hydrogen (secondary N) is 1. The van der Waals surface area contributed by atoms with E-state index in [4.69, 9.17) is 0 Å². The molecule has 1 aromatic rings. The Bertz CT molecular complexity index is 367. The van der Waals surface area contributed by atoms with Crippen LogP contribution >= 0.6 is 0 Å². The number of urea groups is 1. The molecule has 1 N–H and O–H groups in total. The quantitative estimate of drug-likeness (QED) is 0.790. The SMILES string of the molecule is C[C@@H]1CCC[C@H](C)N1C(=O)Nc1ccccc1. The van der Waals surface area contributed by atoms with Crippen LogP contribution in [0.2, 0.25) is 0 Å². The topological polar surface area (TPSA) is 32.3 Å². The van der Waals surface area contributed by atoms with Crippen LogP contribution in [0.3, 0.4) is 0 Å². The van der Waals surface area contributed by atoms with Gasteiger partial charge in [0.15, 0.2) is 0 Å². The number of hydrogen-bond donors (Lipinski definition) is 1. The van der Waals surface area contributed by atoms with Crippen LogP contribution in [0.25, 0.3) is 0 Å². The second-order valence-corrected chi connectivity index (χ2v) is 4.83. The Morgan fingerprint density at radius 2 is 1.76 bits per heavy atom. The van der Waals surface area contributed by atoms with E-state index in [-0.39, 0.29) is 6.03 Å². The molecule has 0 bridgehead atoms. The fourth-order valence-electron chi connectivity index (χ4n) is 2.53. The number of rotatable bonds is 1. The summed E-state index contributed by atoms with van der Waals surface area (Å²) < 4.78 is 0. The predicted octanol–water partition coefficient (Wildman–Crippen LogP) is 3.48. The molecule has 1 saturated heterocycles. The zero-order chi connectivity index (χ0) is 12.3. The highest BCUT2D eigenvalue weighted by molar-refractivity contribution is 5.89. The molecule has 1 heterocycles. The summed E-state index contributed by atoms with van der Waals surface area (Å²) in [6, 6.07) is 10.3. The van der Waals surface area contributed by atoms with Crippen molar-refractivity contribution >= 4 is 11.7 Å². The largest absolute Gasteiger partial charge is 0.322 e. The van der Waals surface area contributed by atoms with Crippen molar-refractivity contribution in [1.29, 1.82) is 0 Å². The van der Waals surface area contributed by atoms with Crippen LogP contribution < -0.4 is 5.32 Å². The van der Waals surface area contributed by atoms with Crippen molar-refractivity contribution in [1.82, 2.24) is 4.90 Å². The fourth-order valence-corrected chi connectivity index (χ4v) is 2.53. The van der Waals surface area contributed by atoms with Crippen LogP contribution in [0.5, 0.6) is 0 Å². The first-order valence-corrected chi connectivity index (χ1v) is 6.33. The number of amides is 2. The number of anilines is 1. The zero-order valence-electron chi connectivity index (χ0n) is 10.5. The molecule has 1 aliphatic rings. The molecular weight excluding hydrogens is 212 g/mol. The standard InChI is InChI=1S/C14H20N2O/c1-11-7-6-8-12(2)16(11)14(17)15-13-9-4-3-5-10-13/h3-5,9-12H,6-8H2,1-2H3,(H,15,17)/t11-,12+. The van der Waals surface area contributed by atoms with Crippen molar-refractivity contribution in [2.75, 3.05) is 5.32 Å². The van der Waals surface area contributed by atoms with Crippen LogP contribution in [0, 0.1) is 0 Å². The number of para-hydroxylation sites is 1. The van der Waals surface area contributed by atoms with E-state index in [1.807, 2.05) is 35.2 Å². The monoisotopic (exact) mass is 232 g/mol. The number of carbonyl (C=O) groups is 1. The molecule has 2 rings (SSSR count). The van der Waals surface area contributed by atoms with Gasteiger partial charge in [-0.2, -0.15) is 0 Å². The van der Waals surface area contributed by atoms with Crippen LogP contribution in [0.15, 0.2) is 30.3 Å². The summed E-state index contributed by atoms with van der Waals surface area (Å²) >= 11 is 0. The first-order valence-electron chi connectivity index (χ1n) is 6.33. The van der Waals surface area contributed by atoms with E-state index < -0.39 is 0 Å². The molecule has 1 fully saturated rings. The third-order valence-corrected chi connectivity index (χ3v) is 3.45. The highest BCUT2D eigenvalue weighted by Gasteiger charge is 2.28. The number of nitrogens with zero attached hydrogens (tertiary/aromatic N) is 1. The highest BCUT2D eigenvalue weighted by Crippen LogP contribution is 2.23. The maximum Gasteiger partial charge on any atom is 0.322 e. The van der Waals surface area contributed by atoms with Gasteiger partial charge in [-0.05, 0) is 45.2 Å². The first kappa shape index (κ1) is 12.0. The Morgan fingerprint density at radius 1 is 1.18 bits per heavy atom. The molecule has 1 aromatic carbocycles. The lowest BCUT2D eigenvalue weighted by molar-refractivity contribution is 0.133. The van der Waals surface area contributed by atoms with Crippen molar-refractivity contribution in [3.63, 3.8) is 0 Å². The second kappa shape index (κ2) is 5.21. The van der Waals surface area contributed by atoms with Gasteiger partial charge in [0.1, 0.15) is 0 Å². The van der Waals surface area contributed by atoms with Crippen molar-refractivity contribution < 1.29 is 4.79 Å². The molecule has 0 radical (unpaired) electrons. The number of hydrogen-bond acceptors (Lipinski definition) is 1. The molecule has 0 aliphatic carbocycles. The second-order valence-electron chi connectivity index (χ2n) is 4.83. The zero-order valence-corrected chi connectivity index (χ0v) is 10.5. The summed E-state index contributed by atoms with van der Waals surface area (Å²) in [5.41, 5.74) is 0.863. The van der Waals surface area contributed by atoms with Crippen LogP contribution in [0.1, 0.15) is 33.1 Å². The molecule has 92 valence electrons. The number of carbonyl (C=O) groups excluding carboxylic acids is 1. The molecule has 0 spiro atoms. The maximum absolute atomic E-state index is 12.2. The van der Waals surface area contributed by atoms with Gasteiger partial charge in [0.25, 0.3) is 0 Å². The molecule has 2 atom stereocenters. The average molecular weight is 232 g/mol. The lowest BCUT2D eigenvalue weighted by atomic mass is 9.98. The lowest BCUT2D eigenvalue weighted by Crippen LogP contribution is -2.49. The summed E-state index contributed by atoms with van der Waals surface area (Å²) in [6.45, 7) is 4.25. The minimum atomic E-state index is 0.0240. The number of piperidine rings is 1. The van der Waals surface area contributed by atoms with Gasteiger partial charge < -0.3 is 10.2 Å². The van der Waals surface area contributed by atoms with Gasteiger partial charge in [-0.1, -0.05) is 18.2 Å². The van der Waals surface area contributed by atoms with Crippen molar-refractivity contribution in [2.45, 2.75) is 45.2 Å². The van der Waals surface area contributed by atoms with Crippen LogP contribution in [0.4, 0.5) is 10.5 Å². The van der Waals surface area contributed by atoms with E-state index in [1.165, 1.54) is 6.42 Å². The van der Waals surface area contributed by atoms with Gasteiger partial charge in [0, 0.05) is 17.8 Å². The molecule has 3 heteroatoms. The van der Waals surface area contributed by atoms with Crippen LogP contribution in [-0.4, -0.2) is 23.0 Å². The van der Waals surface area contributed by atoms with Crippen molar-refractivity contribution in [3.05, 3.63) is 30.3 Å². The molecule has 0 aromatic heterocycles. The Morgan fingerprint density at radius 3 is 2.35 bits per heavy atom. The summed E-state index contributed by atoms with van der Waals surface area (Å²) in [5.74, 6) is 0. The fraction of sp³-hybridized carbons (Fsp3) is 0.500. The van der Waals surface area contributed by atoms with Gasteiger partial charge in [0.05, 0.1) is 0 Å². The maximum atomic E-state index is 12.2. The smallest absolute Gasteiger partial charge is 0.319 e. The Labute approximate surface area is 103 Å². The molecule has 0 unspecified atom stereocenters. The van der Waals surface area contributed by atoms with E-state index in [9.17, 15) is 4.79 Å². The molecule has 2 amide bonds. The van der Waals surface area contributed by atoms with Crippen LogP contribution in [-0.2, 0) is 0 Å². The third kappa shape index (κ3) is 2.78. The molecule has 1 aliphatic heterocycles. The average Bonchev–Trinajstić information content (AvgIpc) is 2.30. The Kier molecular flexibility index (Phi) is 3.67. The van der Waals surface area contributed by atoms with E-state index in [0.717, 1.165) is 18.5 Å². The minimum absolute atomic E-state index is 0.0240. The summed E-state index contributed by atoms with van der Waals surface area (Å²) in [7, 11) is 0. The lowest BCUT2D eigenvalue weighted by Gasteiger charge is -2.38. The first-order chi connectivity index (χ1) is 8.18. The van der Waals surface area contributed by atoms with E-state index in [2.05, 4.69) is 19.2 Å². The predicted molar refractivity (Wildman–Crippen MR) is 70.1 cm³/mol. The summed E-state index contributed by atoms with van der Waals surface area (Å²) in [4.78, 5) is 14.2. The molecule has 3 nitrogen and oxygen atoms in total. The normalized spacial score (nSPS) is 24.5. The van der Waals surface area contributed by atoms with E-state index >= 15 is 0 Å². The third-order valence-electron chi connectivity index (χ3n) is 3.45.